The molecule has 0 aliphatic heterocycles. The Balaban J connectivity index is 1.52. The van der Waals surface area contributed by atoms with E-state index in [-0.39, 0.29) is 0 Å². The van der Waals surface area contributed by atoms with Crippen LogP contribution < -0.4 is 20.9 Å². The first-order valence-electron chi connectivity index (χ1n) is 10.9. The van der Waals surface area contributed by atoms with Gasteiger partial charge in [0.15, 0.2) is 5.11 Å². The lowest BCUT2D eigenvalue weighted by molar-refractivity contribution is 0.385. The van der Waals surface area contributed by atoms with Gasteiger partial charge in [-0.1, -0.05) is 13.3 Å². The van der Waals surface area contributed by atoms with Gasteiger partial charge < -0.3 is 20.9 Å². The molecule has 0 saturated heterocycles. The van der Waals surface area contributed by atoms with Crippen molar-refractivity contribution in [2.24, 2.45) is 0 Å². The minimum absolute atomic E-state index is 0.441. The first-order valence-corrected chi connectivity index (χ1v) is 11.4. The van der Waals surface area contributed by atoms with Crippen LogP contribution in [0.25, 0.3) is 0 Å². The van der Waals surface area contributed by atoms with Crippen molar-refractivity contribution in [1.82, 2.24) is 20.6 Å². The van der Waals surface area contributed by atoms with Gasteiger partial charge in [0.05, 0.1) is 5.69 Å². The summed E-state index contributed by atoms with van der Waals surface area (Å²) < 4.78 is 0. The number of hydrogen-bond donors (Lipinski definition) is 3. The van der Waals surface area contributed by atoms with Crippen molar-refractivity contribution >= 4 is 29.1 Å². The maximum atomic E-state index is 5.42. The lowest BCUT2D eigenvalue weighted by atomic mass is 9.91. The second-order valence-corrected chi connectivity index (χ2v) is 8.75. The third-order valence-electron chi connectivity index (χ3n) is 5.80. The molecule has 0 radical (unpaired) electrons. The summed E-state index contributed by atoms with van der Waals surface area (Å²) in [6.45, 7) is 3.16. The van der Waals surface area contributed by atoms with Crippen molar-refractivity contribution < 1.29 is 0 Å². The van der Waals surface area contributed by atoms with Crippen molar-refractivity contribution in [3.63, 3.8) is 0 Å². The number of nitrogens with zero attached hydrogens (tertiary/aromatic N) is 3. The second kappa shape index (κ2) is 10.2. The van der Waals surface area contributed by atoms with Gasteiger partial charge in [-0.25, -0.2) is 4.98 Å². The van der Waals surface area contributed by atoms with Crippen molar-refractivity contribution in [2.75, 3.05) is 30.9 Å². The van der Waals surface area contributed by atoms with E-state index in [2.05, 4.69) is 41.9 Å². The molecule has 3 rings (SSSR count). The van der Waals surface area contributed by atoms with E-state index in [4.69, 9.17) is 22.2 Å². The van der Waals surface area contributed by atoms with Crippen molar-refractivity contribution in [3.05, 3.63) is 11.3 Å². The number of nitrogens with one attached hydrogen (secondary N) is 3. The quantitative estimate of drug-likeness (QED) is 0.475. The Morgan fingerprint density at radius 1 is 1.07 bits per heavy atom. The largest absolute Gasteiger partial charge is 0.363 e. The van der Waals surface area contributed by atoms with E-state index in [1.165, 1.54) is 30.5 Å². The molecule has 0 spiro atoms. The van der Waals surface area contributed by atoms with E-state index in [1.807, 2.05) is 0 Å². The van der Waals surface area contributed by atoms with Gasteiger partial charge in [-0.3, -0.25) is 0 Å². The number of unbranched alkanes of at least 4 members (excludes halogenated alkanes) is 1. The highest BCUT2D eigenvalue weighted by Gasteiger charge is 2.24. The topological polar surface area (TPSA) is 65.1 Å². The van der Waals surface area contributed by atoms with E-state index in [0.29, 0.717) is 12.1 Å². The molecule has 1 fully saturated rings. The highest BCUT2D eigenvalue weighted by Crippen LogP contribution is 2.29. The number of aryl methyl sites for hydroxylation is 1. The first-order chi connectivity index (χ1) is 13.6. The fourth-order valence-corrected chi connectivity index (χ4v) is 4.46. The second-order valence-electron chi connectivity index (χ2n) is 8.34. The van der Waals surface area contributed by atoms with Crippen LogP contribution in [0.2, 0.25) is 0 Å². The average molecular weight is 405 g/mol. The highest BCUT2D eigenvalue weighted by atomic mass is 32.1. The molecule has 1 aromatic rings. The van der Waals surface area contributed by atoms with Crippen LogP contribution >= 0.6 is 12.2 Å². The van der Waals surface area contributed by atoms with Crippen molar-refractivity contribution in [3.8, 4) is 0 Å². The van der Waals surface area contributed by atoms with Crippen LogP contribution in [0.4, 0.5) is 11.8 Å². The Kier molecular flexibility index (Phi) is 7.71. The van der Waals surface area contributed by atoms with Crippen LogP contribution in [-0.2, 0) is 12.8 Å². The molecule has 28 heavy (non-hydrogen) atoms. The van der Waals surface area contributed by atoms with Gasteiger partial charge in [0, 0.05) is 38.3 Å². The lowest BCUT2D eigenvalue weighted by Gasteiger charge is -2.31. The predicted molar refractivity (Wildman–Crippen MR) is 121 cm³/mol. The van der Waals surface area contributed by atoms with Gasteiger partial charge in [0.2, 0.25) is 5.95 Å². The highest BCUT2D eigenvalue weighted by molar-refractivity contribution is 7.80. The standard InChI is InChI=1S/C21H36N6S/c1-4-5-14-22-21(28)24-16-12-10-15(11-13-16)23-20-25-18-9-7-6-8-17(18)19(26-20)27(2)3/h15-16H,4-14H2,1-3H3,(H2,22,24,28)(H,23,25,26)/t15-,16+. The Morgan fingerprint density at radius 2 is 1.79 bits per heavy atom. The van der Waals surface area contributed by atoms with Crippen molar-refractivity contribution in [1.29, 1.82) is 0 Å². The zero-order chi connectivity index (χ0) is 19.9. The molecule has 156 valence electrons. The van der Waals surface area contributed by atoms with Gasteiger partial charge in [0.25, 0.3) is 0 Å². The number of rotatable bonds is 7. The van der Waals surface area contributed by atoms with Gasteiger partial charge in [-0.15, -0.1) is 0 Å². The molecule has 2 aliphatic rings. The summed E-state index contributed by atoms with van der Waals surface area (Å²) >= 11 is 5.42. The fourth-order valence-electron chi connectivity index (χ4n) is 4.19. The zero-order valence-electron chi connectivity index (χ0n) is 17.7. The smallest absolute Gasteiger partial charge is 0.225 e. The molecule has 1 aromatic heterocycles. The average Bonchev–Trinajstić information content (AvgIpc) is 2.69. The number of fused-ring (bicyclic) bond motifs is 1. The fraction of sp³-hybridized carbons (Fsp3) is 0.762. The number of aromatic nitrogens is 2. The molecular formula is C21H36N6S. The van der Waals surface area contributed by atoms with Crippen LogP contribution in [0.5, 0.6) is 0 Å². The normalized spacial score (nSPS) is 21.5. The third kappa shape index (κ3) is 5.69. The summed E-state index contributed by atoms with van der Waals surface area (Å²) in [4.78, 5) is 11.8. The summed E-state index contributed by atoms with van der Waals surface area (Å²) in [5.74, 6) is 1.89. The minimum atomic E-state index is 0.441. The number of thiocarbonyl (C=S) groups is 1. The van der Waals surface area contributed by atoms with E-state index >= 15 is 0 Å². The van der Waals surface area contributed by atoms with Gasteiger partial charge in [0.1, 0.15) is 5.82 Å². The van der Waals surface area contributed by atoms with Crippen molar-refractivity contribution in [2.45, 2.75) is 83.2 Å². The van der Waals surface area contributed by atoms with E-state index in [0.717, 1.165) is 68.4 Å². The molecule has 0 aromatic carbocycles. The van der Waals surface area contributed by atoms with Gasteiger partial charge in [-0.05, 0) is 70.0 Å². The van der Waals surface area contributed by atoms with Gasteiger partial charge in [-0.2, -0.15) is 4.98 Å². The lowest BCUT2D eigenvalue weighted by Crippen LogP contribution is -2.45. The third-order valence-corrected chi connectivity index (χ3v) is 6.06. The maximum Gasteiger partial charge on any atom is 0.225 e. The minimum Gasteiger partial charge on any atom is -0.363 e. The molecule has 6 nitrogen and oxygen atoms in total. The van der Waals surface area contributed by atoms with Crippen LogP contribution in [-0.4, -0.2) is 47.8 Å². The molecule has 0 bridgehead atoms. The van der Waals surface area contributed by atoms with E-state index < -0.39 is 0 Å². The van der Waals surface area contributed by atoms with E-state index in [9.17, 15) is 0 Å². The molecule has 0 amide bonds. The summed E-state index contributed by atoms with van der Waals surface area (Å²) in [7, 11) is 4.16. The summed E-state index contributed by atoms with van der Waals surface area (Å²) in [6.07, 6.45) is 11.5. The summed E-state index contributed by atoms with van der Waals surface area (Å²) in [5.41, 5.74) is 2.59. The molecule has 0 unspecified atom stereocenters. The molecule has 2 aliphatic carbocycles. The monoisotopic (exact) mass is 404 g/mol. The van der Waals surface area contributed by atoms with Crippen LogP contribution in [0.1, 0.15) is 69.5 Å². The molecule has 3 N–H and O–H groups in total. The Hall–Kier alpha value is -1.63. The van der Waals surface area contributed by atoms with Gasteiger partial charge >= 0.3 is 0 Å². The molecule has 1 saturated carbocycles. The maximum absolute atomic E-state index is 5.42. The van der Waals surface area contributed by atoms with Crippen LogP contribution in [0.3, 0.4) is 0 Å². The summed E-state index contributed by atoms with van der Waals surface area (Å²) in [6, 6.07) is 0.915. The van der Waals surface area contributed by atoms with Crippen LogP contribution in [0, 0.1) is 0 Å². The number of hydrogen-bond acceptors (Lipinski definition) is 5. The Bertz CT molecular complexity index is 655. The van der Waals surface area contributed by atoms with Crippen LogP contribution in [0.15, 0.2) is 0 Å². The first kappa shape index (κ1) is 21.1. The summed E-state index contributed by atoms with van der Waals surface area (Å²) in [5, 5.41) is 11.2. The molecular weight excluding hydrogens is 368 g/mol. The molecule has 1 heterocycles. The predicted octanol–water partition coefficient (Wildman–Crippen LogP) is 3.41. The SMILES string of the molecule is CCCCNC(=S)N[C@H]1CC[C@@H](Nc2nc3c(c(N(C)C)n2)CCCC3)CC1. The van der Waals surface area contributed by atoms with E-state index in [1.54, 1.807) is 0 Å². The Labute approximate surface area is 175 Å². The molecule has 0 atom stereocenters. The Morgan fingerprint density at radius 3 is 2.50 bits per heavy atom. The molecule has 7 heteroatoms. The zero-order valence-corrected chi connectivity index (χ0v) is 18.5. The number of anilines is 2.